The topological polar surface area (TPSA) is 4.36 Å². The molecule has 0 unspecified atom stereocenters. The largest absolute Gasteiger partial charge is 0.238 e. The molecule has 4 heteroatoms. The predicted molar refractivity (Wildman–Crippen MR) is 58.0 cm³/mol. The van der Waals surface area contributed by atoms with E-state index in [9.17, 15) is 13.2 Å². The third-order valence-electron chi connectivity index (χ3n) is 2.32. The van der Waals surface area contributed by atoms with Crippen LogP contribution in [0.2, 0.25) is 0 Å². The van der Waals surface area contributed by atoms with E-state index in [-0.39, 0.29) is 11.3 Å². The third-order valence-corrected chi connectivity index (χ3v) is 2.32. The molecule has 0 aromatic heterocycles. The van der Waals surface area contributed by atoms with Crippen LogP contribution in [0, 0.1) is 24.0 Å². The zero-order valence-corrected chi connectivity index (χ0v) is 8.55. The summed E-state index contributed by atoms with van der Waals surface area (Å²) in [4.78, 5) is 3.24. The van der Waals surface area contributed by atoms with Crippen molar-refractivity contribution in [2.75, 3.05) is 0 Å². The zero-order valence-electron chi connectivity index (χ0n) is 8.55. The second-order valence-electron chi connectivity index (χ2n) is 3.38. The number of rotatable bonds is 1. The van der Waals surface area contributed by atoms with Crippen molar-refractivity contribution in [3.8, 4) is 11.1 Å². The van der Waals surface area contributed by atoms with Gasteiger partial charge in [-0.25, -0.2) is 18.0 Å². The van der Waals surface area contributed by atoms with Crippen LogP contribution >= 0.6 is 0 Å². The molecule has 0 aliphatic rings. The van der Waals surface area contributed by atoms with Gasteiger partial charge in [0.05, 0.1) is 6.57 Å². The molecule has 0 bridgehead atoms. The zero-order chi connectivity index (χ0) is 12.4. The Morgan fingerprint density at radius 2 is 1.53 bits per heavy atom. The van der Waals surface area contributed by atoms with E-state index >= 15 is 0 Å². The van der Waals surface area contributed by atoms with Crippen LogP contribution < -0.4 is 0 Å². The molecule has 2 aromatic rings. The smallest absolute Gasteiger partial charge is 0.194 e. The molecule has 0 radical (unpaired) electrons. The minimum atomic E-state index is -1.51. The Kier molecular flexibility index (Phi) is 2.84. The molecule has 0 fully saturated rings. The molecule has 0 spiro atoms. The van der Waals surface area contributed by atoms with E-state index < -0.39 is 17.5 Å². The van der Waals surface area contributed by atoms with Gasteiger partial charge in [0.25, 0.3) is 0 Å². The quantitative estimate of drug-likeness (QED) is 0.510. The van der Waals surface area contributed by atoms with Crippen LogP contribution in [-0.4, -0.2) is 0 Å². The fourth-order valence-electron chi connectivity index (χ4n) is 1.53. The third kappa shape index (κ3) is 2.00. The Morgan fingerprint density at radius 1 is 0.941 bits per heavy atom. The first-order valence-electron chi connectivity index (χ1n) is 4.75. The molecule has 0 heterocycles. The summed E-state index contributed by atoms with van der Waals surface area (Å²) in [6, 6.07) is 8.13. The lowest BCUT2D eigenvalue weighted by Crippen LogP contribution is -1.91. The lowest BCUT2D eigenvalue weighted by Gasteiger charge is -2.05. The summed E-state index contributed by atoms with van der Waals surface area (Å²) in [5, 5.41) is 0. The molecule has 17 heavy (non-hydrogen) atoms. The first-order valence-corrected chi connectivity index (χ1v) is 4.75. The van der Waals surface area contributed by atoms with Gasteiger partial charge in [-0.05, 0) is 23.3 Å². The Hall–Kier alpha value is -2.28. The van der Waals surface area contributed by atoms with E-state index in [2.05, 4.69) is 4.85 Å². The molecule has 0 aliphatic carbocycles. The van der Waals surface area contributed by atoms with Crippen LogP contribution in [0.4, 0.5) is 18.9 Å². The highest BCUT2D eigenvalue weighted by Crippen LogP contribution is 2.31. The lowest BCUT2D eigenvalue weighted by molar-refractivity contribution is 0.448. The molecule has 2 aromatic carbocycles. The second kappa shape index (κ2) is 4.30. The predicted octanol–water partition coefficient (Wildman–Crippen LogP) is 4.32. The van der Waals surface area contributed by atoms with Crippen LogP contribution in [0.25, 0.3) is 16.0 Å². The van der Waals surface area contributed by atoms with Gasteiger partial charge in [-0.3, -0.25) is 0 Å². The summed E-state index contributed by atoms with van der Waals surface area (Å²) >= 11 is 0. The standard InChI is InChI=1S/C13H6F3N/c1-17-12-5-3-2-4-9(12)8-6-10(14)13(16)11(15)7-8/h2-7H. The Balaban J connectivity index is 2.66. The van der Waals surface area contributed by atoms with E-state index in [0.717, 1.165) is 12.1 Å². The van der Waals surface area contributed by atoms with E-state index in [1.807, 2.05) is 0 Å². The first kappa shape index (κ1) is 11.2. The van der Waals surface area contributed by atoms with Crippen molar-refractivity contribution in [2.45, 2.75) is 0 Å². The van der Waals surface area contributed by atoms with Gasteiger partial charge < -0.3 is 0 Å². The summed E-state index contributed by atoms with van der Waals surface area (Å²) in [6.07, 6.45) is 0. The fourth-order valence-corrected chi connectivity index (χ4v) is 1.53. The number of nitrogens with zero attached hydrogens (tertiary/aromatic N) is 1. The Morgan fingerprint density at radius 3 is 2.12 bits per heavy atom. The summed E-state index contributed by atoms with van der Waals surface area (Å²) in [5.41, 5.74) is 0.784. The van der Waals surface area contributed by atoms with Crippen molar-refractivity contribution in [3.63, 3.8) is 0 Å². The lowest BCUT2D eigenvalue weighted by atomic mass is 10.0. The fraction of sp³-hybridized carbons (Fsp3) is 0. The highest BCUT2D eigenvalue weighted by atomic mass is 19.2. The van der Waals surface area contributed by atoms with Gasteiger partial charge in [-0.15, -0.1) is 0 Å². The van der Waals surface area contributed by atoms with Crippen LogP contribution in [0.3, 0.4) is 0 Å². The molecule has 84 valence electrons. The highest BCUT2D eigenvalue weighted by Gasteiger charge is 2.13. The Labute approximate surface area is 96.0 Å². The van der Waals surface area contributed by atoms with Crippen molar-refractivity contribution in [2.24, 2.45) is 0 Å². The van der Waals surface area contributed by atoms with Crippen molar-refractivity contribution in [3.05, 3.63) is 65.3 Å². The maximum Gasteiger partial charge on any atom is 0.194 e. The normalized spacial score (nSPS) is 10.0. The van der Waals surface area contributed by atoms with Gasteiger partial charge in [0.2, 0.25) is 0 Å². The highest BCUT2D eigenvalue weighted by molar-refractivity contribution is 5.78. The summed E-state index contributed by atoms with van der Waals surface area (Å²) < 4.78 is 38.9. The number of hydrogen-bond acceptors (Lipinski definition) is 0. The molecule has 0 amide bonds. The number of halogens is 3. The molecule has 0 saturated carbocycles. The molecular weight excluding hydrogens is 227 g/mol. The molecule has 0 atom stereocenters. The van der Waals surface area contributed by atoms with Gasteiger partial charge >= 0.3 is 0 Å². The van der Waals surface area contributed by atoms with E-state index in [0.29, 0.717) is 5.56 Å². The monoisotopic (exact) mass is 233 g/mol. The SMILES string of the molecule is [C-]#[N+]c1ccccc1-c1cc(F)c(F)c(F)c1. The summed E-state index contributed by atoms with van der Waals surface area (Å²) in [7, 11) is 0. The van der Waals surface area contributed by atoms with Crippen molar-refractivity contribution in [1.29, 1.82) is 0 Å². The molecule has 1 nitrogen and oxygen atoms in total. The summed E-state index contributed by atoms with van der Waals surface area (Å²) in [5.74, 6) is -4.03. The maximum absolute atomic E-state index is 13.1. The Bertz CT molecular complexity index is 591. The number of hydrogen-bond donors (Lipinski definition) is 0. The molecule has 0 aliphatic heterocycles. The van der Waals surface area contributed by atoms with E-state index in [4.69, 9.17) is 6.57 Å². The summed E-state index contributed by atoms with van der Waals surface area (Å²) in [6.45, 7) is 6.95. The van der Waals surface area contributed by atoms with E-state index in [1.165, 1.54) is 6.07 Å². The van der Waals surface area contributed by atoms with Crippen LogP contribution in [0.1, 0.15) is 0 Å². The molecular formula is C13H6F3N. The van der Waals surface area contributed by atoms with Crippen LogP contribution in [0.5, 0.6) is 0 Å². The molecule has 0 saturated heterocycles. The average Bonchev–Trinajstić information content (AvgIpc) is 2.35. The van der Waals surface area contributed by atoms with Gasteiger partial charge in [-0.1, -0.05) is 24.3 Å². The maximum atomic E-state index is 13.1. The van der Waals surface area contributed by atoms with Gasteiger partial charge in [0.1, 0.15) is 0 Å². The minimum absolute atomic E-state index is 0.146. The minimum Gasteiger partial charge on any atom is -0.238 e. The number of benzene rings is 2. The average molecular weight is 233 g/mol. The van der Waals surface area contributed by atoms with Gasteiger partial charge in [0.15, 0.2) is 23.1 Å². The van der Waals surface area contributed by atoms with Gasteiger partial charge in [-0.2, -0.15) is 0 Å². The van der Waals surface area contributed by atoms with Crippen LogP contribution in [-0.2, 0) is 0 Å². The molecule has 2 rings (SSSR count). The number of para-hydroxylation sites is 1. The van der Waals surface area contributed by atoms with Crippen molar-refractivity contribution >= 4 is 5.69 Å². The van der Waals surface area contributed by atoms with Crippen molar-refractivity contribution in [1.82, 2.24) is 0 Å². The van der Waals surface area contributed by atoms with Crippen LogP contribution in [0.15, 0.2) is 36.4 Å². The first-order chi connectivity index (χ1) is 8.13. The molecule has 0 N–H and O–H groups in total. The van der Waals surface area contributed by atoms with Gasteiger partial charge in [0, 0.05) is 0 Å². The van der Waals surface area contributed by atoms with E-state index in [1.54, 1.807) is 18.2 Å². The van der Waals surface area contributed by atoms with Crippen molar-refractivity contribution < 1.29 is 13.2 Å². The second-order valence-corrected chi connectivity index (χ2v) is 3.38.